The average Bonchev–Trinajstić information content (AvgIpc) is 3.58. The number of ketones is 1. The van der Waals surface area contributed by atoms with Crippen molar-refractivity contribution in [2.75, 3.05) is 10.6 Å². The SMILES string of the molecule is CCC(=O)c1cnc(NC(=O)C2CC2)cc1Nc1ncccc1S(=O)(=O)C1CC1. The number of pyridine rings is 2. The maximum absolute atomic E-state index is 12.8. The van der Waals surface area contributed by atoms with Crippen molar-refractivity contribution >= 4 is 38.9 Å². The number of aromatic nitrogens is 2. The van der Waals surface area contributed by atoms with Crippen LogP contribution in [0.1, 0.15) is 49.4 Å². The van der Waals surface area contributed by atoms with Gasteiger partial charge in [0.15, 0.2) is 15.6 Å². The molecule has 152 valence electrons. The van der Waals surface area contributed by atoms with Crippen LogP contribution in [0.3, 0.4) is 0 Å². The first kappa shape index (κ1) is 19.5. The number of rotatable bonds is 8. The molecule has 2 aromatic heterocycles. The summed E-state index contributed by atoms with van der Waals surface area (Å²) in [6.07, 6.45) is 6.16. The van der Waals surface area contributed by atoms with Crippen molar-refractivity contribution in [3.8, 4) is 0 Å². The Morgan fingerprint density at radius 2 is 1.93 bits per heavy atom. The summed E-state index contributed by atoms with van der Waals surface area (Å²) in [5.41, 5.74) is 0.682. The van der Waals surface area contributed by atoms with Gasteiger partial charge < -0.3 is 10.6 Å². The zero-order chi connectivity index (χ0) is 20.6. The molecule has 0 atom stereocenters. The van der Waals surface area contributed by atoms with Gasteiger partial charge in [0.1, 0.15) is 16.5 Å². The summed E-state index contributed by atoms with van der Waals surface area (Å²) in [7, 11) is -3.48. The minimum atomic E-state index is -3.48. The van der Waals surface area contributed by atoms with Crippen molar-refractivity contribution in [1.82, 2.24) is 9.97 Å². The van der Waals surface area contributed by atoms with Crippen LogP contribution in [0.25, 0.3) is 0 Å². The number of amides is 1. The van der Waals surface area contributed by atoms with Crippen molar-refractivity contribution < 1.29 is 18.0 Å². The molecule has 2 aliphatic carbocycles. The number of Topliss-reactive ketones (excluding diaryl/α,β-unsaturated/α-hetero) is 1. The van der Waals surface area contributed by atoms with Crippen LogP contribution in [0.4, 0.5) is 17.3 Å². The Balaban J connectivity index is 1.70. The number of hydrogen-bond acceptors (Lipinski definition) is 7. The summed E-state index contributed by atoms with van der Waals surface area (Å²) in [5.74, 6) is 0.224. The Morgan fingerprint density at radius 1 is 1.17 bits per heavy atom. The normalized spacial score (nSPS) is 16.3. The Morgan fingerprint density at radius 3 is 2.59 bits per heavy atom. The minimum absolute atomic E-state index is 0.0104. The molecule has 0 bridgehead atoms. The molecule has 2 aliphatic rings. The molecule has 4 rings (SSSR count). The van der Waals surface area contributed by atoms with E-state index in [0.29, 0.717) is 29.9 Å². The second-order valence-corrected chi connectivity index (χ2v) is 9.57. The first-order valence-electron chi connectivity index (χ1n) is 9.70. The fourth-order valence-corrected chi connectivity index (χ4v) is 4.77. The van der Waals surface area contributed by atoms with Crippen LogP contribution < -0.4 is 10.6 Å². The number of nitrogens with zero attached hydrogens (tertiary/aromatic N) is 2. The highest BCUT2D eigenvalue weighted by molar-refractivity contribution is 7.92. The second-order valence-electron chi connectivity index (χ2n) is 7.37. The molecule has 2 fully saturated rings. The van der Waals surface area contributed by atoms with Gasteiger partial charge in [-0.15, -0.1) is 0 Å². The molecule has 0 radical (unpaired) electrons. The van der Waals surface area contributed by atoms with Crippen molar-refractivity contribution in [1.29, 1.82) is 0 Å². The summed E-state index contributed by atoms with van der Waals surface area (Å²) in [5, 5.41) is 5.37. The van der Waals surface area contributed by atoms with E-state index in [0.717, 1.165) is 12.8 Å². The van der Waals surface area contributed by atoms with Crippen LogP contribution >= 0.6 is 0 Å². The van der Waals surface area contributed by atoms with E-state index in [1.165, 1.54) is 18.5 Å². The maximum atomic E-state index is 12.8. The lowest BCUT2D eigenvalue weighted by Gasteiger charge is -2.15. The molecule has 0 aromatic carbocycles. The Bertz CT molecular complexity index is 1080. The molecule has 2 aromatic rings. The molecule has 0 unspecified atom stereocenters. The number of sulfone groups is 1. The first-order valence-corrected chi connectivity index (χ1v) is 11.2. The van der Waals surface area contributed by atoms with Gasteiger partial charge in [-0.2, -0.15) is 0 Å². The van der Waals surface area contributed by atoms with E-state index in [4.69, 9.17) is 0 Å². The van der Waals surface area contributed by atoms with E-state index < -0.39 is 9.84 Å². The van der Waals surface area contributed by atoms with Crippen molar-refractivity contribution in [3.63, 3.8) is 0 Å². The van der Waals surface area contributed by atoms with E-state index >= 15 is 0 Å². The van der Waals surface area contributed by atoms with E-state index in [2.05, 4.69) is 20.6 Å². The van der Waals surface area contributed by atoms with Crippen molar-refractivity contribution in [2.45, 2.75) is 49.2 Å². The Labute approximate surface area is 169 Å². The van der Waals surface area contributed by atoms with Gasteiger partial charge in [-0.25, -0.2) is 18.4 Å². The lowest BCUT2D eigenvalue weighted by molar-refractivity contribution is -0.117. The standard InChI is InChI=1S/C20H22N4O4S/c1-2-16(25)14-11-22-18(24-20(26)12-5-6-12)10-15(14)23-19-17(4-3-9-21-19)29(27,28)13-7-8-13/h3-4,9-13H,2,5-8H2,1H3,(H2,21,22,23,24,26). The number of carbonyl (C=O) groups is 2. The lowest BCUT2D eigenvalue weighted by atomic mass is 10.1. The molecule has 2 N–H and O–H groups in total. The molecular formula is C20H22N4O4S. The van der Waals surface area contributed by atoms with Gasteiger partial charge in [0, 0.05) is 30.8 Å². The molecule has 2 saturated carbocycles. The summed E-state index contributed by atoms with van der Waals surface area (Å²) < 4.78 is 25.5. The van der Waals surface area contributed by atoms with Gasteiger partial charge in [0.05, 0.1) is 16.5 Å². The van der Waals surface area contributed by atoms with E-state index in [-0.39, 0.29) is 40.0 Å². The first-order chi connectivity index (χ1) is 13.9. The quantitative estimate of drug-likeness (QED) is 0.637. The number of nitrogens with one attached hydrogen (secondary N) is 2. The number of carbonyl (C=O) groups excluding carboxylic acids is 2. The van der Waals surface area contributed by atoms with Crippen LogP contribution in [0.15, 0.2) is 35.5 Å². The highest BCUT2D eigenvalue weighted by Gasteiger charge is 2.38. The number of anilines is 3. The van der Waals surface area contributed by atoms with E-state index in [1.807, 2.05) is 0 Å². The molecular weight excluding hydrogens is 392 g/mol. The highest BCUT2D eigenvalue weighted by Crippen LogP contribution is 2.37. The van der Waals surface area contributed by atoms with Gasteiger partial charge in [-0.1, -0.05) is 6.92 Å². The Hall–Kier alpha value is -2.81. The molecule has 0 aliphatic heterocycles. The van der Waals surface area contributed by atoms with Gasteiger partial charge in [0.25, 0.3) is 0 Å². The fourth-order valence-electron chi connectivity index (χ4n) is 3.01. The predicted octanol–water partition coefficient (Wildman–Crippen LogP) is 3.10. The maximum Gasteiger partial charge on any atom is 0.228 e. The number of hydrogen-bond donors (Lipinski definition) is 2. The third-order valence-electron chi connectivity index (χ3n) is 5.02. The molecule has 8 nitrogen and oxygen atoms in total. The molecule has 0 spiro atoms. The zero-order valence-corrected chi connectivity index (χ0v) is 16.8. The van der Waals surface area contributed by atoms with Crippen LogP contribution in [0.2, 0.25) is 0 Å². The average molecular weight is 414 g/mol. The van der Waals surface area contributed by atoms with Gasteiger partial charge >= 0.3 is 0 Å². The van der Waals surface area contributed by atoms with Crippen molar-refractivity contribution in [3.05, 3.63) is 36.2 Å². The third-order valence-corrected chi connectivity index (χ3v) is 7.31. The summed E-state index contributed by atoms with van der Waals surface area (Å²) in [6, 6.07) is 4.64. The summed E-state index contributed by atoms with van der Waals surface area (Å²) in [4.78, 5) is 32.9. The zero-order valence-electron chi connectivity index (χ0n) is 16.0. The van der Waals surface area contributed by atoms with Crippen LogP contribution in [-0.2, 0) is 14.6 Å². The van der Waals surface area contributed by atoms with E-state index in [1.54, 1.807) is 19.1 Å². The lowest BCUT2D eigenvalue weighted by Crippen LogP contribution is -2.16. The summed E-state index contributed by atoms with van der Waals surface area (Å²) >= 11 is 0. The van der Waals surface area contributed by atoms with Gasteiger partial charge in [-0.05, 0) is 37.8 Å². The minimum Gasteiger partial charge on any atom is -0.338 e. The monoisotopic (exact) mass is 414 g/mol. The topological polar surface area (TPSA) is 118 Å². The predicted molar refractivity (Wildman–Crippen MR) is 108 cm³/mol. The van der Waals surface area contributed by atoms with Crippen LogP contribution in [-0.4, -0.2) is 35.3 Å². The molecule has 1 amide bonds. The van der Waals surface area contributed by atoms with Crippen LogP contribution in [0.5, 0.6) is 0 Å². The third kappa shape index (κ3) is 4.14. The van der Waals surface area contributed by atoms with Gasteiger partial charge in [-0.3, -0.25) is 9.59 Å². The largest absolute Gasteiger partial charge is 0.338 e. The highest BCUT2D eigenvalue weighted by atomic mass is 32.2. The fraction of sp³-hybridized carbons (Fsp3) is 0.400. The van der Waals surface area contributed by atoms with E-state index in [9.17, 15) is 18.0 Å². The Kier molecular flexibility index (Phi) is 5.08. The van der Waals surface area contributed by atoms with Gasteiger partial charge in [0.2, 0.25) is 5.91 Å². The molecule has 2 heterocycles. The smallest absolute Gasteiger partial charge is 0.228 e. The summed E-state index contributed by atoms with van der Waals surface area (Å²) in [6.45, 7) is 1.73. The van der Waals surface area contributed by atoms with Crippen molar-refractivity contribution in [2.24, 2.45) is 5.92 Å². The molecule has 29 heavy (non-hydrogen) atoms. The second kappa shape index (κ2) is 7.55. The molecule has 9 heteroatoms. The molecule has 0 saturated heterocycles. The van der Waals surface area contributed by atoms with Crippen LogP contribution in [0, 0.1) is 5.92 Å².